The third-order valence-electron chi connectivity index (χ3n) is 7.11. The fraction of sp³-hybridized carbons (Fsp3) is 0.382. The molecule has 4 amide bonds. The lowest BCUT2D eigenvalue weighted by Gasteiger charge is -2.27. The minimum absolute atomic E-state index is 0.141. The molecule has 4 rings (SSSR count). The number of ether oxygens (including phenoxy) is 2. The number of carbonyl (C=O) groups excluding carboxylic acids is 4. The molecule has 46 heavy (non-hydrogen) atoms. The monoisotopic (exact) mass is 630 g/mol. The first-order valence-corrected chi connectivity index (χ1v) is 15.4. The van der Waals surface area contributed by atoms with Crippen molar-refractivity contribution in [3.63, 3.8) is 0 Å². The average molecular weight is 631 g/mol. The van der Waals surface area contributed by atoms with Gasteiger partial charge in [0.25, 0.3) is 5.91 Å². The predicted molar refractivity (Wildman–Crippen MR) is 175 cm³/mol. The van der Waals surface area contributed by atoms with E-state index in [1.807, 2.05) is 6.07 Å². The van der Waals surface area contributed by atoms with Crippen LogP contribution in [0.25, 0.3) is 0 Å². The molecule has 1 unspecified atom stereocenters. The zero-order valence-electron chi connectivity index (χ0n) is 26.5. The lowest BCUT2D eigenvalue weighted by Crippen LogP contribution is -2.41. The van der Waals surface area contributed by atoms with Crippen LogP contribution in [0.2, 0.25) is 0 Å². The fourth-order valence-electron chi connectivity index (χ4n) is 4.81. The molecule has 1 aliphatic rings. The molecule has 1 aliphatic heterocycles. The maximum atomic E-state index is 13.1. The standard InChI is InChI=1S/C34H42N6O6/c1-34(2,3)46-33(44)39-28-13-8-7-12-27(28)37-31(42)29-16-15-25(22-35-29)26(14-9-17-40-18-20-45-21-19-40)38-32(43)36-23-30(41)24-10-5-4-6-11-24/h4-8,10-13,15-16,22,26H,9,14,17-21,23H2,1-3H3,(H,37,42)(H,39,44)(H2,36,38,43). The Balaban J connectivity index is 1.40. The van der Waals surface area contributed by atoms with Crippen molar-refractivity contribution >= 4 is 35.2 Å². The summed E-state index contributed by atoms with van der Waals surface area (Å²) in [5.41, 5.74) is 1.47. The molecule has 0 aliphatic carbocycles. The highest BCUT2D eigenvalue weighted by Crippen LogP contribution is 2.24. The zero-order chi connectivity index (χ0) is 32.9. The minimum atomic E-state index is -0.677. The second-order valence-corrected chi connectivity index (χ2v) is 11.9. The molecule has 244 valence electrons. The van der Waals surface area contributed by atoms with E-state index in [9.17, 15) is 19.2 Å². The van der Waals surface area contributed by atoms with Gasteiger partial charge < -0.3 is 25.4 Å². The lowest BCUT2D eigenvalue weighted by atomic mass is 10.0. The fourth-order valence-corrected chi connectivity index (χ4v) is 4.81. The van der Waals surface area contributed by atoms with Crippen LogP contribution in [0, 0.1) is 0 Å². The number of hydrogen-bond acceptors (Lipinski definition) is 8. The Bertz CT molecular complexity index is 1470. The number of benzene rings is 2. The molecule has 3 aromatic rings. The van der Waals surface area contributed by atoms with Gasteiger partial charge in [-0.3, -0.25) is 24.8 Å². The van der Waals surface area contributed by atoms with Gasteiger partial charge in [0, 0.05) is 24.8 Å². The van der Waals surface area contributed by atoms with E-state index in [-0.39, 0.29) is 18.0 Å². The van der Waals surface area contributed by atoms with Crippen molar-refractivity contribution in [2.45, 2.75) is 45.3 Å². The molecule has 4 N–H and O–H groups in total. The normalized spacial score (nSPS) is 14.1. The summed E-state index contributed by atoms with van der Waals surface area (Å²) in [6, 6.07) is 18.0. The summed E-state index contributed by atoms with van der Waals surface area (Å²) in [6.45, 7) is 9.13. The largest absolute Gasteiger partial charge is 0.444 e. The number of amides is 4. The number of ketones is 1. The summed E-state index contributed by atoms with van der Waals surface area (Å²) in [7, 11) is 0. The smallest absolute Gasteiger partial charge is 0.412 e. The van der Waals surface area contributed by atoms with Gasteiger partial charge in [0.1, 0.15) is 11.3 Å². The van der Waals surface area contributed by atoms with Crippen LogP contribution in [0.1, 0.15) is 66.1 Å². The van der Waals surface area contributed by atoms with Crippen LogP contribution in [0.4, 0.5) is 21.0 Å². The first-order valence-electron chi connectivity index (χ1n) is 15.4. The number of nitrogens with zero attached hydrogens (tertiary/aromatic N) is 2. The molecule has 1 atom stereocenters. The summed E-state index contributed by atoms with van der Waals surface area (Å²) in [5.74, 6) is -0.668. The molecule has 0 saturated carbocycles. The molecule has 1 saturated heterocycles. The number of nitrogens with one attached hydrogen (secondary N) is 4. The van der Waals surface area contributed by atoms with Crippen LogP contribution in [0.3, 0.4) is 0 Å². The summed E-state index contributed by atoms with van der Waals surface area (Å²) in [5, 5.41) is 11.1. The minimum Gasteiger partial charge on any atom is -0.444 e. The van der Waals surface area contributed by atoms with Gasteiger partial charge in [-0.2, -0.15) is 0 Å². The quantitative estimate of drug-likeness (QED) is 0.204. The van der Waals surface area contributed by atoms with Crippen molar-refractivity contribution in [3.05, 3.63) is 89.7 Å². The number of para-hydroxylation sites is 2. The highest BCUT2D eigenvalue weighted by Gasteiger charge is 2.20. The number of urea groups is 1. The number of carbonyl (C=O) groups is 4. The van der Waals surface area contributed by atoms with E-state index < -0.39 is 29.7 Å². The summed E-state index contributed by atoms with van der Waals surface area (Å²) < 4.78 is 10.8. The van der Waals surface area contributed by atoms with Gasteiger partial charge in [0.05, 0.1) is 37.2 Å². The maximum Gasteiger partial charge on any atom is 0.412 e. The van der Waals surface area contributed by atoms with E-state index in [1.165, 1.54) is 0 Å². The second kappa shape index (κ2) is 16.5. The van der Waals surface area contributed by atoms with Gasteiger partial charge in [-0.25, -0.2) is 9.59 Å². The Labute approximate surface area is 269 Å². The summed E-state index contributed by atoms with van der Waals surface area (Å²) in [6.07, 6.45) is 2.35. The molecule has 1 aromatic heterocycles. The van der Waals surface area contributed by atoms with Crippen LogP contribution in [-0.4, -0.2) is 78.7 Å². The Morgan fingerprint density at radius 2 is 1.59 bits per heavy atom. The van der Waals surface area contributed by atoms with E-state index >= 15 is 0 Å². The van der Waals surface area contributed by atoms with Crippen LogP contribution < -0.4 is 21.3 Å². The molecule has 1 fully saturated rings. The van der Waals surface area contributed by atoms with Crippen molar-refractivity contribution in [3.8, 4) is 0 Å². The van der Waals surface area contributed by atoms with Crippen molar-refractivity contribution in [2.24, 2.45) is 0 Å². The van der Waals surface area contributed by atoms with Gasteiger partial charge in [0.15, 0.2) is 5.78 Å². The van der Waals surface area contributed by atoms with Crippen LogP contribution >= 0.6 is 0 Å². The molecular formula is C34H42N6O6. The Morgan fingerprint density at radius 3 is 2.24 bits per heavy atom. The molecule has 0 radical (unpaired) electrons. The van der Waals surface area contributed by atoms with Gasteiger partial charge in [-0.05, 0) is 63.9 Å². The first kappa shape index (κ1) is 34.1. The molecule has 0 bridgehead atoms. The number of pyridine rings is 1. The van der Waals surface area contributed by atoms with E-state index in [2.05, 4.69) is 31.2 Å². The average Bonchev–Trinajstić information content (AvgIpc) is 3.04. The van der Waals surface area contributed by atoms with E-state index in [0.29, 0.717) is 36.6 Å². The van der Waals surface area contributed by atoms with Gasteiger partial charge >= 0.3 is 12.1 Å². The van der Waals surface area contributed by atoms with Crippen LogP contribution in [-0.2, 0) is 9.47 Å². The molecular weight excluding hydrogens is 588 g/mol. The van der Waals surface area contributed by atoms with Crippen LogP contribution in [0.15, 0.2) is 72.9 Å². The lowest BCUT2D eigenvalue weighted by molar-refractivity contribution is 0.0369. The Kier molecular flexibility index (Phi) is 12.2. The third-order valence-corrected chi connectivity index (χ3v) is 7.11. The van der Waals surface area contributed by atoms with Crippen molar-refractivity contribution in [1.82, 2.24) is 20.5 Å². The highest BCUT2D eigenvalue weighted by atomic mass is 16.6. The van der Waals surface area contributed by atoms with Crippen molar-refractivity contribution in [2.75, 3.05) is 50.0 Å². The molecule has 2 heterocycles. The first-order chi connectivity index (χ1) is 22.1. The Hall–Kier alpha value is -4.81. The van der Waals surface area contributed by atoms with Crippen molar-refractivity contribution in [1.29, 1.82) is 0 Å². The molecule has 2 aromatic carbocycles. The predicted octanol–water partition coefficient (Wildman–Crippen LogP) is 5.02. The van der Waals surface area contributed by atoms with Gasteiger partial charge in [0.2, 0.25) is 0 Å². The van der Waals surface area contributed by atoms with E-state index in [1.54, 1.807) is 87.6 Å². The third kappa shape index (κ3) is 11.0. The number of hydrogen-bond donors (Lipinski definition) is 4. The zero-order valence-corrected chi connectivity index (χ0v) is 26.5. The number of anilines is 2. The van der Waals surface area contributed by atoms with E-state index in [0.717, 1.165) is 31.6 Å². The Morgan fingerprint density at radius 1 is 0.913 bits per heavy atom. The molecule has 0 spiro atoms. The van der Waals surface area contributed by atoms with Gasteiger partial charge in [-0.15, -0.1) is 0 Å². The number of rotatable bonds is 12. The number of aromatic nitrogens is 1. The maximum absolute atomic E-state index is 13.1. The summed E-state index contributed by atoms with van der Waals surface area (Å²) >= 11 is 0. The molecule has 12 nitrogen and oxygen atoms in total. The van der Waals surface area contributed by atoms with Crippen LogP contribution in [0.5, 0.6) is 0 Å². The van der Waals surface area contributed by atoms with Crippen molar-refractivity contribution < 1.29 is 28.7 Å². The highest BCUT2D eigenvalue weighted by molar-refractivity contribution is 6.05. The van der Waals surface area contributed by atoms with Gasteiger partial charge in [-0.1, -0.05) is 48.5 Å². The topological polar surface area (TPSA) is 151 Å². The second-order valence-electron chi connectivity index (χ2n) is 11.9. The summed E-state index contributed by atoms with van der Waals surface area (Å²) in [4.78, 5) is 57.5. The number of morpholine rings is 1. The van der Waals surface area contributed by atoms with E-state index in [4.69, 9.17) is 9.47 Å². The SMILES string of the molecule is CC(C)(C)OC(=O)Nc1ccccc1NC(=O)c1ccc(C(CCCN2CCOCC2)NC(=O)NCC(=O)c2ccccc2)cn1. The number of Topliss-reactive ketones (excluding diaryl/α,β-unsaturated/α-hetero) is 1. The molecule has 12 heteroatoms.